The molecule has 1 saturated heterocycles. The molecule has 0 aliphatic carbocycles. The average Bonchev–Trinajstić information content (AvgIpc) is 3.03. The van der Waals surface area contributed by atoms with Crippen LogP contribution in [0, 0.1) is 6.92 Å². The largest absolute Gasteiger partial charge is 0.488 e. The Bertz CT molecular complexity index is 1190. The molecule has 5 nitrogen and oxygen atoms in total. The number of nitrogens with zero attached hydrogens (tertiary/aromatic N) is 1. The van der Waals surface area contributed by atoms with Crippen molar-refractivity contribution in [1.82, 2.24) is 10.2 Å². The van der Waals surface area contributed by atoms with Gasteiger partial charge in [-0.2, -0.15) is 0 Å². The molecular formula is C25H20BrClN2O3. The minimum atomic E-state index is -0.444. The number of aryl methyl sites for hydroxylation is 1. The number of carbonyl (C=O) groups excluding carboxylic acids is 2. The van der Waals surface area contributed by atoms with E-state index in [1.54, 1.807) is 18.2 Å². The van der Waals surface area contributed by atoms with Crippen LogP contribution >= 0.6 is 27.5 Å². The van der Waals surface area contributed by atoms with Crippen molar-refractivity contribution in [1.29, 1.82) is 0 Å². The van der Waals surface area contributed by atoms with Gasteiger partial charge in [-0.1, -0.05) is 69.5 Å². The zero-order chi connectivity index (χ0) is 22.7. The first-order chi connectivity index (χ1) is 15.4. The average molecular weight is 512 g/mol. The van der Waals surface area contributed by atoms with E-state index in [1.807, 2.05) is 61.5 Å². The summed E-state index contributed by atoms with van der Waals surface area (Å²) >= 11 is 9.39. The molecule has 3 amide bonds. The van der Waals surface area contributed by atoms with Crippen molar-refractivity contribution in [2.24, 2.45) is 0 Å². The maximum Gasteiger partial charge on any atom is 0.329 e. The molecule has 0 spiro atoms. The van der Waals surface area contributed by atoms with Crippen molar-refractivity contribution < 1.29 is 14.3 Å². The zero-order valence-corrected chi connectivity index (χ0v) is 19.6. The Balaban J connectivity index is 1.54. The fourth-order valence-electron chi connectivity index (χ4n) is 3.25. The van der Waals surface area contributed by atoms with E-state index >= 15 is 0 Å². The van der Waals surface area contributed by atoms with Crippen LogP contribution in [0.3, 0.4) is 0 Å². The Morgan fingerprint density at radius 2 is 1.69 bits per heavy atom. The van der Waals surface area contributed by atoms with Crippen molar-refractivity contribution in [3.05, 3.63) is 104 Å². The molecule has 3 aromatic carbocycles. The van der Waals surface area contributed by atoms with Crippen LogP contribution in [-0.2, 0) is 17.9 Å². The van der Waals surface area contributed by atoms with Crippen molar-refractivity contribution in [3.63, 3.8) is 0 Å². The van der Waals surface area contributed by atoms with Crippen LogP contribution in [0.1, 0.15) is 22.3 Å². The molecule has 0 bridgehead atoms. The molecule has 4 rings (SSSR count). The van der Waals surface area contributed by atoms with Crippen molar-refractivity contribution in [2.75, 3.05) is 0 Å². The van der Waals surface area contributed by atoms with Gasteiger partial charge in [0.15, 0.2) is 0 Å². The molecule has 1 aliphatic heterocycles. The van der Waals surface area contributed by atoms with E-state index in [4.69, 9.17) is 16.3 Å². The number of hydrogen-bond donors (Lipinski definition) is 1. The van der Waals surface area contributed by atoms with Crippen molar-refractivity contribution in [2.45, 2.75) is 20.1 Å². The van der Waals surface area contributed by atoms with Gasteiger partial charge in [0.05, 0.1) is 6.54 Å². The quantitative estimate of drug-likeness (QED) is 0.322. The summed E-state index contributed by atoms with van der Waals surface area (Å²) in [6.07, 6.45) is 1.64. The van der Waals surface area contributed by atoms with Crippen LogP contribution in [0.25, 0.3) is 6.08 Å². The van der Waals surface area contributed by atoms with E-state index in [0.717, 1.165) is 21.2 Å². The number of amides is 3. The zero-order valence-electron chi connectivity index (χ0n) is 17.3. The minimum Gasteiger partial charge on any atom is -0.488 e. The number of benzene rings is 3. The van der Waals surface area contributed by atoms with Gasteiger partial charge in [-0.05, 0) is 54.5 Å². The topological polar surface area (TPSA) is 58.6 Å². The molecule has 1 fully saturated rings. The van der Waals surface area contributed by atoms with Gasteiger partial charge in [-0.15, -0.1) is 0 Å². The number of imide groups is 1. The van der Waals surface area contributed by atoms with Gasteiger partial charge < -0.3 is 10.1 Å². The lowest BCUT2D eigenvalue weighted by Gasteiger charge is -2.12. The highest BCUT2D eigenvalue weighted by molar-refractivity contribution is 9.10. The molecule has 0 radical (unpaired) electrons. The van der Waals surface area contributed by atoms with E-state index < -0.39 is 6.03 Å². The number of halogens is 2. The second-order valence-electron chi connectivity index (χ2n) is 7.46. The number of nitrogens with one attached hydrogen (secondary N) is 1. The fourth-order valence-corrected chi connectivity index (χ4v) is 3.76. The molecular weight excluding hydrogens is 492 g/mol. The molecule has 1 N–H and O–H groups in total. The van der Waals surface area contributed by atoms with Crippen molar-refractivity contribution >= 4 is 45.5 Å². The normalized spacial score (nSPS) is 14.7. The number of ether oxygens (including phenoxy) is 1. The van der Waals surface area contributed by atoms with Gasteiger partial charge in [0, 0.05) is 15.1 Å². The molecule has 7 heteroatoms. The third-order valence-corrected chi connectivity index (χ3v) is 5.75. The molecule has 0 unspecified atom stereocenters. The smallest absolute Gasteiger partial charge is 0.329 e. The van der Waals surface area contributed by atoms with Gasteiger partial charge in [-0.3, -0.25) is 9.69 Å². The third-order valence-electron chi connectivity index (χ3n) is 5.00. The van der Waals surface area contributed by atoms with E-state index in [1.165, 1.54) is 4.90 Å². The van der Waals surface area contributed by atoms with Crippen LogP contribution < -0.4 is 10.1 Å². The second-order valence-corrected chi connectivity index (χ2v) is 8.81. The maximum absolute atomic E-state index is 12.9. The van der Waals surface area contributed by atoms with Crippen LogP contribution in [0.2, 0.25) is 5.02 Å². The Labute approximate surface area is 199 Å². The van der Waals surface area contributed by atoms with E-state index in [0.29, 0.717) is 22.9 Å². The highest BCUT2D eigenvalue weighted by Crippen LogP contribution is 2.28. The maximum atomic E-state index is 12.9. The molecule has 32 heavy (non-hydrogen) atoms. The summed E-state index contributed by atoms with van der Waals surface area (Å²) in [5.74, 6) is 0.217. The van der Waals surface area contributed by atoms with Crippen LogP contribution in [0.5, 0.6) is 5.75 Å². The molecule has 0 aromatic heterocycles. The number of rotatable bonds is 6. The summed E-state index contributed by atoms with van der Waals surface area (Å²) in [6, 6.07) is 20.2. The predicted molar refractivity (Wildman–Crippen MR) is 128 cm³/mol. The third kappa shape index (κ3) is 5.21. The minimum absolute atomic E-state index is 0.205. The van der Waals surface area contributed by atoms with E-state index in [2.05, 4.69) is 21.2 Å². The molecule has 1 aliphatic rings. The van der Waals surface area contributed by atoms with Crippen LogP contribution in [0.4, 0.5) is 4.79 Å². The summed E-state index contributed by atoms with van der Waals surface area (Å²) in [6.45, 7) is 2.54. The number of hydrogen-bond acceptors (Lipinski definition) is 3. The fraction of sp³-hybridized carbons (Fsp3) is 0.120. The summed E-state index contributed by atoms with van der Waals surface area (Å²) in [7, 11) is 0. The summed E-state index contributed by atoms with van der Waals surface area (Å²) in [5.41, 5.74) is 3.85. The lowest BCUT2D eigenvalue weighted by Crippen LogP contribution is -2.30. The van der Waals surface area contributed by atoms with Gasteiger partial charge in [0.25, 0.3) is 5.91 Å². The number of urea groups is 1. The standard InChI is InChI=1S/C25H20BrClN2O3/c1-16-2-4-17(5-3-16)14-29-24(30)22(28-25(29)31)13-19-12-20(26)8-11-23(19)32-15-18-6-9-21(27)10-7-18/h2-13H,14-15H2,1H3,(H,28,31)/b22-13+. The first kappa shape index (κ1) is 22.1. The highest BCUT2D eigenvalue weighted by atomic mass is 79.9. The summed E-state index contributed by atoms with van der Waals surface area (Å²) in [4.78, 5) is 26.6. The Hall–Kier alpha value is -3.09. The van der Waals surface area contributed by atoms with Crippen LogP contribution in [-0.4, -0.2) is 16.8 Å². The first-order valence-electron chi connectivity index (χ1n) is 9.96. The SMILES string of the molecule is Cc1ccc(CN2C(=O)N/C(=C/c3cc(Br)ccc3OCc3ccc(Cl)cc3)C2=O)cc1. The molecule has 0 saturated carbocycles. The van der Waals surface area contributed by atoms with Gasteiger partial charge in [0.2, 0.25) is 0 Å². The second kappa shape index (κ2) is 9.59. The Kier molecular flexibility index (Phi) is 6.63. The Morgan fingerprint density at radius 1 is 1.00 bits per heavy atom. The molecule has 0 atom stereocenters. The lowest BCUT2D eigenvalue weighted by atomic mass is 10.1. The first-order valence-corrected chi connectivity index (χ1v) is 11.1. The summed E-state index contributed by atoms with van der Waals surface area (Å²) in [5, 5.41) is 3.33. The van der Waals surface area contributed by atoms with Crippen molar-refractivity contribution in [3.8, 4) is 5.75 Å². The monoisotopic (exact) mass is 510 g/mol. The van der Waals surface area contributed by atoms with E-state index in [9.17, 15) is 9.59 Å². The molecule has 1 heterocycles. The molecule has 162 valence electrons. The molecule has 3 aromatic rings. The van der Waals surface area contributed by atoms with Gasteiger partial charge in [-0.25, -0.2) is 4.79 Å². The number of carbonyl (C=O) groups is 2. The Morgan fingerprint density at radius 3 is 2.41 bits per heavy atom. The van der Waals surface area contributed by atoms with Crippen LogP contribution in [0.15, 0.2) is 76.9 Å². The lowest BCUT2D eigenvalue weighted by molar-refractivity contribution is -0.123. The van der Waals surface area contributed by atoms with Gasteiger partial charge in [0.1, 0.15) is 18.1 Å². The summed E-state index contributed by atoms with van der Waals surface area (Å²) < 4.78 is 6.81. The predicted octanol–water partition coefficient (Wildman–Crippen LogP) is 6.08. The highest BCUT2D eigenvalue weighted by Gasteiger charge is 2.33. The van der Waals surface area contributed by atoms with E-state index in [-0.39, 0.29) is 18.1 Å². The van der Waals surface area contributed by atoms with Gasteiger partial charge >= 0.3 is 6.03 Å².